The lowest BCUT2D eigenvalue weighted by Crippen LogP contribution is -2.29. The lowest BCUT2D eigenvalue weighted by Gasteiger charge is -2.19. The van der Waals surface area contributed by atoms with Gasteiger partial charge in [0.1, 0.15) is 5.82 Å². The number of halogens is 1. The average Bonchev–Trinajstić information content (AvgIpc) is 2.93. The third-order valence-electron chi connectivity index (χ3n) is 3.28. The van der Waals surface area contributed by atoms with E-state index in [0.29, 0.717) is 6.54 Å². The van der Waals surface area contributed by atoms with E-state index in [1.807, 2.05) is 18.2 Å². The number of amides is 1. The van der Waals surface area contributed by atoms with Crippen molar-refractivity contribution in [2.75, 3.05) is 6.54 Å². The number of carbonyl (C=O) groups is 1. The minimum atomic E-state index is -0.868. The zero-order chi connectivity index (χ0) is 12.7. The number of benzene rings is 1. The van der Waals surface area contributed by atoms with Crippen LogP contribution in [-0.2, 0) is 0 Å². The van der Waals surface area contributed by atoms with Gasteiger partial charge in [0.25, 0.3) is 0 Å². The number of carboxylic acid groups (broad SMARTS) is 1. The molecule has 6 heteroatoms. The molecule has 3 rings (SSSR count). The first kappa shape index (κ1) is 11.8. The summed E-state index contributed by atoms with van der Waals surface area (Å²) >= 11 is 2.25. The predicted octanol–water partition coefficient (Wildman–Crippen LogP) is 2.98. The first-order valence-corrected chi connectivity index (χ1v) is 6.88. The van der Waals surface area contributed by atoms with Crippen LogP contribution in [0.3, 0.4) is 0 Å². The highest BCUT2D eigenvalue weighted by Gasteiger charge is 2.31. The lowest BCUT2D eigenvalue weighted by molar-refractivity contribution is 0.139. The second-order valence-corrected chi connectivity index (χ2v) is 5.66. The van der Waals surface area contributed by atoms with Crippen LogP contribution < -0.4 is 0 Å². The number of rotatable bonds is 1. The van der Waals surface area contributed by atoms with Gasteiger partial charge in [-0.2, -0.15) is 0 Å². The van der Waals surface area contributed by atoms with Crippen LogP contribution in [0.25, 0.3) is 11.0 Å². The molecule has 1 atom stereocenters. The van der Waals surface area contributed by atoms with Gasteiger partial charge in [0.05, 0.1) is 17.1 Å². The second-order valence-electron chi connectivity index (χ2n) is 4.42. The smallest absolute Gasteiger partial charge is 0.407 e. The molecule has 0 aliphatic carbocycles. The van der Waals surface area contributed by atoms with E-state index in [2.05, 4.69) is 32.6 Å². The third-order valence-corrected chi connectivity index (χ3v) is 3.95. The molecule has 2 N–H and O–H groups in total. The maximum atomic E-state index is 11.1. The first-order valence-electron chi connectivity index (χ1n) is 5.80. The fraction of sp³-hybridized carbons (Fsp3) is 0.333. The lowest BCUT2D eigenvalue weighted by atomic mass is 10.2. The fourth-order valence-corrected chi connectivity index (χ4v) is 2.93. The van der Waals surface area contributed by atoms with Gasteiger partial charge in [-0.15, -0.1) is 0 Å². The highest BCUT2D eigenvalue weighted by Crippen LogP contribution is 2.31. The Morgan fingerprint density at radius 2 is 2.39 bits per heavy atom. The van der Waals surface area contributed by atoms with Gasteiger partial charge in [0, 0.05) is 10.1 Å². The Morgan fingerprint density at radius 1 is 1.56 bits per heavy atom. The molecule has 0 spiro atoms. The fourth-order valence-electron chi connectivity index (χ4n) is 2.44. The van der Waals surface area contributed by atoms with Gasteiger partial charge in [-0.05, 0) is 53.6 Å². The van der Waals surface area contributed by atoms with Crippen molar-refractivity contribution in [1.29, 1.82) is 0 Å². The molecule has 1 fully saturated rings. The summed E-state index contributed by atoms with van der Waals surface area (Å²) in [5, 5.41) is 9.15. The van der Waals surface area contributed by atoms with Crippen molar-refractivity contribution in [2.45, 2.75) is 18.9 Å². The molecule has 0 unspecified atom stereocenters. The number of nitrogens with zero attached hydrogens (tertiary/aromatic N) is 2. The van der Waals surface area contributed by atoms with E-state index in [9.17, 15) is 4.79 Å². The van der Waals surface area contributed by atoms with Crippen LogP contribution in [0.5, 0.6) is 0 Å². The molecule has 94 valence electrons. The SMILES string of the molecule is O=C(O)N1CCC[C@H]1c1nc2ccc(I)cc2[nH]1. The van der Waals surface area contributed by atoms with Gasteiger partial charge in [-0.1, -0.05) is 0 Å². The van der Waals surface area contributed by atoms with Crippen LogP contribution in [0.15, 0.2) is 18.2 Å². The van der Waals surface area contributed by atoms with Gasteiger partial charge in [0.15, 0.2) is 0 Å². The van der Waals surface area contributed by atoms with E-state index < -0.39 is 6.09 Å². The molecule has 2 heterocycles. The molecule has 1 aliphatic heterocycles. The van der Waals surface area contributed by atoms with Crippen molar-refractivity contribution in [2.24, 2.45) is 0 Å². The van der Waals surface area contributed by atoms with E-state index in [1.54, 1.807) is 0 Å². The van der Waals surface area contributed by atoms with Crippen molar-refractivity contribution in [3.63, 3.8) is 0 Å². The van der Waals surface area contributed by atoms with E-state index in [0.717, 1.165) is 33.3 Å². The molecular formula is C12H12IN3O2. The maximum Gasteiger partial charge on any atom is 0.407 e. The second kappa shape index (κ2) is 4.42. The molecule has 5 nitrogen and oxygen atoms in total. The topological polar surface area (TPSA) is 69.2 Å². The van der Waals surface area contributed by atoms with Crippen LogP contribution >= 0.6 is 22.6 Å². The molecule has 1 saturated heterocycles. The number of hydrogen-bond donors (Lipinski definition) is 2. The quantitative estimate of drug-likeness (QED) is 0.771. The number of nitrogens with one attached hydrogen (secondary N) is 1. The normalized spacial score (nSPS) is 19.6. The van der Waals surface area contributed by atoms with Crippen molar-refractivity contribution in [1.82, 2.24) is 14.9 Å². The van der Waals surface area contributed by atoms with Gasteiger partial charge in [-0.25, -0.2) is 9.78 Å². The Labute approximate surface area is 117 Å². The van der Waals surface area contributed by atoms with Crippen LogP contribution in [-0.4, -0.2) is 32.6 Å². The van der Waals surface area contributed by atoms with Crippen LogP contribution in [0.4, 0.5) is 4.79 Å². The van der Waals surface area contributed by atoms with E-state index in [4.69, 9.17) is 5.11 Å². The molecule has 1 aromatic carbocycles. The highest BCUT2D eigenvalue weighted by atomic mass is 127. The van der Waals surface area contributed by atoms with E-state index in [-0.39, 0.29) is 6.04 Å². The molecule has 0 saturated carbocycles. The van der Waals surface area contributed by atoms with Crippen molar-refractivity contribution < 1.29 is 9.90 Å². The first-order chi connectivity index (χ1) is 8.65. The minimum Gasteiger partial charge on any atom is -0.465 e. The predicted molar refractivity (Wildman–Crippen MR) is 75.5 cm³/mol. The summed E-state index contributed by atoms with van der Waals surface area (Å²) in [5.74, 6) is 0.756. The summed E-state index contributed by atoms with van der Waals surface area (Å²) in [4.78, 5) is 20.3. The molecular weight excluding hydrogens is 345 g/mol. The number of likely N-dealkylation sites (tertiary alicyclic amines) is 1. The zero-order valence-corrected chi connectivity index (χ0v) is 11.7. The van der Waals surface area contributed by atoms with Crippen LogP contribution in [0, 0.1) is 3.57 Å². The zero-order valence-electron chi connectivity index (χ0n) is 9.56. The Balaban J connectivity index is 2.01. The van der Waals surface area contributed by atoms with Gasteiger partial charge in [0.2, 0.25) is 0 Å². The summed E-state index contributed by atoms with van der Waals surface area (Å²) in [5.41, 5.74) is 1.86. The number of hydrogen-bond acceptors (Lipinski definition) is 2. The summed E-state index contributed by atoms with van der Waals surface area (Å²) in [6.07, 6.45) is 0.863. The Kier molecular flexibility index (Phi) is 2.89. The van der Waals surface area contributed by atoms with E-state index >= 15 is 0 Å². The Morgan fingerprint density at radius 3 is 3.17 bits per heavy atom. The van der Waals surface area contributed by atoms with Crippen molar-refractivity contribution in [3.05, 3.63) is 27.6 Å². The summed E-state index contributed by atoms with van der Waals surface area (Å²) in [6, 6.07) is 5.84. The molecule has 0 radical (unpaired) electrons. The molecule has 1 aromatic heterocycles. The number of H-pyrrole nitrogens is 1. The molecule has 1 amide bonds. The minimum absolute atomic E-state index is 0.132. The third kappa shape index (κ3) is 1.94. The standard InChI is InChI=1S/C12H12IN3O2/c13-7-3-4-8-9(6-7)15-11(14-8)10-2-1-5-16(10)12(17)18/h3-4,6,10H,1-2,5H2,(H,14,15)(H,17,18)/t10-/m0/s1. The molecule has 1 aliphatic rings. The molecule has 0 bridgehead atoms. The van der Waals surface area contributed by atoms with Gasteiger partial charge >= 0.3 is 6.09 Å². The van der Waals surface area contributed by atoms with Crippen LogP contribution in [0.2, 0.25) is 0 Å². The van der Waals surface area contributed by atoms with Gasteiger partial charge < -0.3 is 10.1 Å². The Hall–Kier alpha value is -1.31. The van der Waals surface area contributed by atoms with Crippen molar-refractivity contribution >= 4 is 39.7 Å². The van der Waals surface area contributed by atoms with E-state index in [1.165, 1.54) is 4.90 Å². The Bertz CT molecular complexity index is 610. The number of imidazole rings is 1. The average molecular weight is 357 g/mol. The van der Waals surface area contributed by atoms with Crippen molar-refractivity contribution in [3.8, 4) is 0 Å². The number of aromatic amines is 1. The molecule has 2 aromatic rings. The van der Waals surface area contributed by atoms with Gasteiger partial charge in [-0.3, -0.25) is 4.90 Å². The van der Waals surface area contributed by atoms with Crippen LogP contribution in [0.1, 0.15) is 24.7 Å². The number of aromatic nitrogens is 2. The highest BCUT2D eigenvalue weighted by molar-refractivity contribution is 14.1. The molecule has 18 heavy (non-hydrogen) atoms. The number of fused-ring (bicyclic) bond motifs is 1. The summed E-state index contributed by atoms with van der Waals surface area (Å²) < 4.78 is 1.14. The monoisotopic (exact) mass is 357 g/mol. The summed E-state index contributed by atoms with van der Waals surface area (Å²) in [6.45, 7) is 0.592. The largest absolute Gasteiger partial charge is 0.465 e. The maximum absolute atomic E-state index is 11.1. The summed E-state index contributed by atoms with van der Waals surface area (Å²) in [7, 11) is 0.